The maximum absolute atomic E-state index is 13.0. The van der Waals surface area contributed by atoms with Crippen molar-refractivity contribution in [2.75, 3.05) is 5.32 Å². The summed E-state index contributed by atoms with van der Waals surface area (Å²) in [7, 11) is 0. The van der Waals surface area contributed by atoms with E-state index in [9.17, 15) is 18.0 Å². The van der Waals surface area contributed by atoms with E-state index in [1.807, 2.05) is 0 Å². The van der Waals surface area contributed by atoms with Gasteiger partial charge in [0.2, 0.25) is 0 Å². The van der Waals surface area contributed by atoms with Gasteiger partial charge in [0.1, 0.15) is 5.71 Å². The highest BCUT2D eigenvalue weighted by Crippen LogP contribution is 2.27. The van der Waals surface area contributed by atoms with E-state index in [0.29, 0.717) is 21.8 Å². The van der Waals surface area contributed by atoms with Crippen molar-refractivity contribution in [1.29, 1.82) is 5.41 Å². The van der Waals surface area contributed by atoms with Crippen LogP contribution in [0.3, 0.4) is 0 Å². The molecule has 0 aliphatic heterocycles. The molecular weight excluding hydrogens is 474 g/mol. The van der Waals surface area contributed by atoms with Crippen LogP contribution in [0.5, 0.6) is 0 Å². The van der Waals surface area contributed by atoms with E-state index in [4.69, 9.17) is 28.6 Å². The Labute approximate surface area is 198 Å². The lowest BCUT2D eigenvalue weighted by Crippen LogP contribution is -2.25. The molecule has 3 rings (SSSR count). The second-order valence-corrected chi connectivity index (χ2v) is 8.00. The van der Waals surface area contributed by atoms with Gasteiger partial charge < -0.3 is 10.7 Å². The largest absolute Gasteiger partial charge is 0.429 e. The predicted octanol–water partition coefficient (Wildman–Crippen LogP) is 7.65. The van der Waals surface area contributed by atoms with Crippen LogP contribution < -0.4 is 5.32 Å². The van der Waals surface area contributed by atoms with Crippen LogP contribution in [0.2, 0.25) is 10.0 Å². The Morgan fingerprint density at radius 3 is 2.24 bits per heavy atom. The summed E-state index contributed by atoms with van der Waals surface area (Å²) in [5.41, 5.74) is 0.864. The topological polar surface area (TPSA) is 65.3 Å². The van der Waals surface area contributed by atoms with Crippen molar-refractivity contribution >= 4 is 51.9 Å². The fourth-order valence-corrected chi connectivity index (χ4v) is 3.34. The van der Waals surface area contributed by atoms with Crippen LogP contribution in [0, 0.1) is 12.3 Å². The minimum absolute atomic E-state index is 0.00549. The number of amides is 1. The normalized spacial score (nSPS) is 11.9. The molecule has 0 aliphatic rings. The lowest BCUT2D eigenvalue weighted by Gasteiger charge is -2.13. The molecule has 0 aromatic heterocycles. The molecule has 3 aromatic rings. The molecule has 0 saturated heterocycles. The van der Waals surface area contributed by atoms with E-state index in [1.165, 1.54) is 24.3 Å². The number of nitrogens with one attached hydrogen (secondary N) is 2. The van der Waals surface area contributed by atoms with Gasteiger partial charge in [-0.05, 0) is 60.5 Å². The third-order valence-electron chi connectivity index (χ3n) is 4.71. The third kappa shape index (κ3) is 6.43. The van der Waals surface area contributed by atoms with Gasteiger partial charge in [0, 0.05) is 22.7 Å². The van der Waals surface area contributed by atoms with Gasteiger partial charge in [-0.2, -0.15) is 13.2 Å². The molecular formula is C24H18Cl2F3N3O. The van der Waals surface area contributed by atoms with E-state index in [2.05, 4.69) is 10.3 Å². The van der Waals surface area contributed by atoms with Gasteiger partial charge in [0.05, 0.1) is 16.4 Å². The van der Waals surface area contributed by atoms with Gasteiger partial charge in [-0.3, -0.25) is 9.79 Å². The number of carbonyl (C=O) groups excluding carboxylic acids is 1. The molecule has 0 fully saturated rings. The Morgan fingerprint density at radius 2 is 1.64 bits per heavy atom. The Bertz CT molecular complexity index is 1220. The first-order valence-electron chi connectivity index (χ1n) is 9.69. The quantitative estimate of drug-likeness (QED) is 0.341. The van der Waals surface area contributed by atoms with E-state index in [0.717, 1.165) is 5.56 Å². The molecule has 0 aliphatic carbocycles. The monoisotopic (exact) mass is 491 g/mol. The Kier molecular flexibility index (Phi) is 7.56. The van der Waals surface area contributed by atoms with Gasteiger partial charge in [0.15, 0.2) is 0 Å². The van der Waals surface area contributed by atoms with Crippen molar-refractivity contribution in [2.45, 2.75) is 19.5 Å². The Hall–Kier alpha value is -3.16. The van der Waals surface area contributed by atoms with Crippen molar-refractivity contribution in [3.05, 3.63) is 93.5 Å². The van der Waals surface area contributed by atoms with Gasteiger partial charge in [0.25, 0.3) is 5.91 Å². The Balaban J connectivity index is 1.89. The summed E-state index contributed by atoms with van der Waals surface area (Å²) in [4.78, 5) is 16.9. The van der Waals surface area contributed by atoms with Crippen LogP contribution in [-0.2, 0) is 0 Å². The molecule has 0 unspecified atom stereocenters. The lowest BCUT2D eigenvalue weighted by atomic mass is 10.0. The first kappa shape index (κ1) is 24.5. The SMILES string of the molecule is Cc1cc(Cl)ccc1NC(=O)c1ccc(C(CC(=N)C(F)(F)F)=Nc2ccccc2Cl)cc1. The molecule has 0 heterocycles. The van der Waals surface area contributed by atoms with Gasteiger partial charge in [-0.1, -0.05) is 47.5 Å². The minimum atomic E-state index is -4.78. The summed E-state index contributed by atoms with van der Waals surface area (Å²) in [5, 5.41) is 11.0. The molecule has 0 radical (unpaired) electrons. The van der Waals surface area contributed by atoms with Crippen LogP contribution in [0.15, 0.2) is 71.7 Å². The minimum Gasteiger partial charge on any atom is -0.322 e. The van der Waals surface area contributed by atoms with Crippen LogP contribution in [-0.4, -0.2) is 23.5 Å². The molecule has 9 heteroatoms. The number of rotatable bonds is 6. The lowest BCUT2D eigenvalue weighted by molar-refractivity contribution is -0.0605. The second-order valence-electron chi connectivity index (χ2n) is 7.15. The van der Waals surface area contributed by atoms with Crippen molar-refractivity contribution in [3.8, 4) is 0 Å². The van der Waals surface area contributed by atoms with Crippen LogP contribution >= 0.6 is 23.2 Å². The van der Waals surface area contributed by atoms with Crippen molar-refractivity contribution in [1.82, 2.24) is 0 Å². The average molecular weight is 492 g/mol. The standard InChI is InChI=1S/C24H18Cl2F3N3O/c1-14-12-17(25)10-11-19(14)32-23(33)16-8-6-15(7-9-16)21(13-22(30)24(27,28)29)31-20-5-3-2-4-18(20)26/h2-12,30H,13H2,1H3,(H,32,33). The maximum atomic E-state index is 13.0. The highest BCUT2D eigenvalue weighted by Gasteiger charge is 2.35. The number of benzene rings is 3. The molecule has 4 nitrogen and oxygen atoms in total. The van der Waals surface area contributed by atoms with Crippen LogP contribution in [0.25, 0.3) is 0 Å². The van der Waals surface area contributed by atoms with E-state index >= 15 is 0 Å². The van der Waals surface area contributed by atoms with E-state index < -0.39 is 18.3 Å². The molecule has 0 spiro atoms. The molecule has 2 N–H and O–H groups in total. The number of para-hydroxylation sites is 1. The van der Waals surface area contributed by atoms with Crippen LogP contribution in [0.4, 0.5) is 24.5 Å². The van der Waals surface area contributed by atoms with Crippen LogP contribution in [0.1, 0.15) is 27.9 Å². The van der Waals surface area contributed by atoms with Crippen molar-refractivity contribution < 1.29 is 18.0 Å². The van der Waals surface area contributed by atoms with Gasteiger partial charge in [-0.15, -0.1) is 0 Å². The first-order valence-corrected chi connectivity index (χ1v) is 10.4. The van der Waals surface area contributed by atoms with E-state index in [-0.39, 0.29) is 22.3 Å². The molecule has 0 saturated carbocycles. The smallest absolute Gasteiger partial charge is 0.322 e. The van der Waals surface area contributed by atoms with Crippen molar-refractivity contribution in [2.24, 2.45) is 4.99 Å². The number of halogens is 5. The zero-order chi connectivity index (χ0) is 24.2. The highest BCUT2D eigenvalue weighted by atomic mass is 35.5. The molecule has 170 valence electrons. The number of anilines is 1. The maximum Gasteiger partial charge on any atom is 0.429 e. The number of hydrogen-bond donors (Lipinski definition) is 2. The number of aliphatic imine (C=N–C) groups is 1. The van der Waals surface area contributed by atoms with Gasteiger partial charge >= 0.3 is 6.18 Å². The first-order chi connectivity index (χ1) is 15.5. The van der Waals surface area contributed by atoms with Gasteiger partial charge in [-0.25, -0.2) is 0 Å². The summed E-state index contributed by atoms with van der Waals surface area (Å²) in [6.07, 6.45) is -5.53. The summed E-state index contributed by atoms with van der Waals surface area (Å²) < 4.78 is 39.0. The van der Waals surface area contributed by atoms with E-state index in [1.54, 1.807) is 49.4 Å². The number of aryl methyl sites for hydroxylation is 1. The fraction of sp³-hybridized carbons (Fsp3) is 0.125. The number of alkyl halides is 3. The average Bonchev–Trinajstić information content (AvgIpc) is 2.76. The summed E-state index contributed by atoms with van der Waals surface area (Å²) >= 11 is 12.0. The highest BCUT2D eigenvalue weighted by molar-refractivity contribution is 6.33. The molecule has 33 heavy (non-hydrogen) atoms. The number of carbonyl (C=O) groups is 1. The third-order valence-corrected chi connectivity index (χ3v) is 5.27. The van der Waals surface area contributed by atoms with Crippen molar-refractivity contribution in [3.63, 3.8) is 0 Å². The predicted molar refractivity (Wildman–Crippen MR) is 127 cm³/mol. The molecule has 0 bridgehead atoms. The molecule has 3 aromatic carbocycles. The fourth-order valence-electron chi connectivity index (χ4n) is 2.94. The molecule has 0 atom stereocenters. The summed E-state index contributed by atoms with van der Waals surface area (Å²) in [6.45, 7) is 1.80. The zero-order valence-corrected chi connectivity index (χ0v) is 18.8. The second kappa shape index (κ2) is 10.2. The summed E-state index contributed by atoms with van der Waals surface area (Å²) in [6, 6.07) is 17.5. The number of hydrogen-bond acceptors (Lipinski definition) is 3. The number of nitrogens with zero attached hydrogens (tertiary/aromatic N) is 1. The summed E-state index contributed by atoms with van der Waals surface area (Å²) in [5.74, 6) is -0.389. The molecule has 1 amide bonds. The zero-order valence-electron chi connectivity index (χ0n) is 17.3. The Morgan fingerprint density at radius 1 is 1.00 bits per heavy atom.